The molecule has 1 aliphatic heterocycles. The molecule has 0 atom stereocenters. The molecule has 1 aromatic carbocycles. The fourth-order valence-electron chi connectivity index (χ4n) is 1.82. The van der Waals surface area contributed by atoms with Crippen LogP contribution in [0.4, 0.5) is 0 Å². The van der Waals surface area contributed by atoms with Crippen LogP contribution in [0, 0.1) is 0 Å². The van der Waals surface area contributed by atoms with E-state index in [0.29, 0.717) is 10.6 Å². The van der Waals surface area contributed by atoms with Gasteiger partial charge in [0.15, 0.2) is 11.6 Å². The zero-order valence-corrected chi connectivity index (χ0v) is 14.0. The topological polar surface area (TPSA) is 34.1 Å². The molecule has 5 heteroatoms. The Morgan fingerprint density at radius 3 is 2.33 bits per heavy atom. The Kier molecular flexibility index (Phi) is 6.15. The third kappa shape index (κ3) is 4.77. The number of thioether (sulfide) groups is 2. The van der Waals surface area contributed by atoms with E-state index in [1.807, 2.05) is 12.1 Å². The summed E-state index contributed by atoms with van der Waals surface area (Å²) in [5, 5.41) is 0.653. The van der Waals surface area contributed by atoms with Crippen molar-refractivity contribution in [2.75, 3.05) is 11.5 Å². The molecule has 110 valence electrons. The number of hydrogen-bond donors (Lipinski definition) is 0. The molecule has 0 aliphatic carbocycles. The van der Waals surface area contributed by atoms with Gasteiger partial charge in [0.25, 0.3) is 0 Å². The highest BCUT2D eigenvalue weighted by molar-refractivity contribution is 8.22. The van der Waals surface area contributed by atoms with Crippen molar-refractivity contribution in [3.8, 4) is 0 Å². The fourth-order valence-corrected chi connectivity index (χ4v) is 4.69. The number of carbonyl (C=O) groups is 2. The highest BCUT2D eigenvalue weighted by Gasteiger charge is 2.20. The monoisotopic (exact) mass is 338 g/mol. The molecule has 0 aromatic heterocycles. The van der Waals surface area contributed by atoms with Crippen molar-refractivity contribution in [2.45, 2.75) is 13.3 Å². The quantitative estimate of drug-likeness (QED) is 0.456. The second-order valence-corrected chi connectivity index (χ2v) is 7.42. The lowest BCUT2D eigenvalue weighted by molar-refractivity contribution is -0.118. The molecular weight excluding hydrogens is 324 g/mol. The third-order valence-corrected chi connectivity index (χ3v) is 5.73. The minimum absolute atomic E-state index is 0.169. The number of ketones is 2. The van der Waals surface area contributed by atoms with Gasteiger partial charge in [-0.1, -0.05) is 29.8 Å². The van der Waals surface area contributed by atoms with Gasteiger partial charge in [-0.2, -0.15) is 0 Å². The van der Waals surface area contributed by atoms with E-state index in [4.69, 9.17) is 11.6 Å². The first-order chi connectivity index (χ1) is 10.1. The molecule has 21 heavy (non-hydrogen) atoms. The van der Waals surface area contributed by atoms with E-state index >= 15 is 0 Å². The van der Waals surface area contributed by atoms with Crippen LogP contribution < -0.4 is 0 Å². The Morgan fingerprint density at radius 1 is 1.14 bits per heavy atom. The second-order valence-electron chi connectivity index (χ2n) is 4.52. The first-order valence-electron chi connectivity index (χ1n) is 6.56. The molecule has 0 bridgehead atoms. The van der Waals surface area contributed by atoms with Gasteiger partial charge in [0.05, 0.1) is 9.81 Å². The van der Waals surface area contributed by atoms with E-state index in [1.54, 1.807) is 41.7 Å². The maximum absolute atomic E-state index is 12.3. The Balaban J connectivity index is 2.19. The predicted molar refractivity (Wildman–Crippen MR) is 92.7 cm³/mol. The summed E-state index contributed by atoms with van der Waals surface area (Å²) in [5.41, 5.74) is 1.19. The minimum Gasteiger partial charge on any atom is -0.294 e. The Hall–Kier alpha value is -0.970. The molecule has 0 saturated carbocycles. The Morgan fingerprint density at radius 2 is 1.76 bits per heavy atom. The van der Waals surface area contributed by atoms with Crippen LogP contribution in [0.1, 0.15) is 18.9 Å². The van der Waals surface area contributed by atoms with Crippen LogP contribution in [0.2, 0.25) is 5.02 Å². The second kappa shape index (κ2) is 7.87. The van der Waals surface area contributed by atoms with Crippen LogP contribution in [0.15, 0.2) is 40.2 Å². The van der Waals surface area contributed by atoms with Crippen LogP contribution in [-0.4, -0.2) is 23.1 Å². The van der Waals surface area contributed by atoms with Gasteiger partial charge in [-0.05, 0) is 48.6 Å². The largest absolute Gasteiger partial charge is 0.294 e. The smallest absolute Gasteiger partial charge is 0.191 e. The average molecular weight is 339 g/mol. The van der Waals surface area contributed by atoms with Gasteiger partial charge in [-0.15, -0.1) is 23.5 Å². The molecule has 0 unspecified atom stereocenters. The first kappa shape index (κ1) is 16.4. The summed E-state index contributed by atoms with van der Waals surface area (Å²) in [6.45, 7) is 1.45. The molecule has 2 rings (SSSR count). The van der Waals surface area contributed by atoms with Crippen molar-refractivity contribution < 1.29 is 9.59 Å². The van der Waals surface area contributed by atoms with Gasteiger partial charge in [0.2, 0.25) is 0 Å². The lowest BCUT2D eigenvalue weighted by atomic mass is 10.1. The van der Waals surface area contributed by atoms with Crippen molar-refractivity contribution in [2.24, 2.45) is 0 Å². The predicted octanol–water partition coefficient (Wildman–Crippen LogP) is 4.59. The molecule has 2 nitrogen and oxygen atoms in total. The van der Waals surface area contributed by atoms with Crippen molar-refractivity contribution in [3.05, 3.63) is 50.7 Å². The number of hydrogen-bond acceptors (Lipinski definition) is 4. The highest BCUT2D eigenvalue weighted by atomic mass is 35.5. The van der Waals surface area contributed by atoms with Gasteiger partial charge in [0, 0.05) is 5.02 Å². The number of rotatable bonds is 4. The van der Waals surface area contributed by atoms with Crippen LogP contribution in [0.5, 0.6) is 0 Å². The van der Waals surface area contributed by atoms with E-state index < -0.39 is 0 Å². The summed E-state index contributed by atoms with van der Waals surface area (Å²) < 4.78 is 0.861. The summed E-state index contributed by atoms with van der Waals surface area (Å²) in [5.74, 6) is 1.53. The van der Waals surface area contributed by atoms with Gasteiger partial charge < -0.3 is 0 Å². The summed E-state index contributed by atoms with van der Waals surface area (Å²) >= 11 is 9.02. The van der Waals surface area contributed by atoms with E-state index in [9.17, 15) is 9.59 Å². The van der Waals surface area contributed by atoms with Crippen molar-refractivity contribution in [3.63, 3.8) is 0 Å². The number of allylic oxidation sites excluding steroid dienone is 2. The Labute approximate surface area is 138 Å². The summed E-state index contributed by atoms with van der Waals surface area (Å²) in [7, 11) is 0. The average Bonchev–Trinajstić information content (AvgIpc) is 2.47. The maximum atomic E-state index is 12.3. The number of halogens is 1. The van der Waals surface area contributed by atoms with Crippen molar-refractivity contribution in [1.29, 1.82) is 0 Å². The van der Waals surface area contributed by atoms with Crippen molar-refractivity contribution >= 4 is 52.8 Å². The molecule has 1 aromatic rings. The number of carbonyl (C=O) groups excluding carboxylic acids is 2. The van der Waals surface area contributed by atoms with E-state index in [1.165, 1.54) is 13.0 Å². The molecular formula is C16H15ClO2S2. The van der Waals surface area contributed by atoms with Gasteiger partial charge in [-0.3, -0.25) is 9.59 Å². The fraction of sp³-hybridized carbons (Fsp3) is 0.250. The summed E-state index contributed by atoms with van der Waals surface area (Å²) in [4.78, 5) is 24.1. The molecule has 1 aliphatic rings. The van der Waals surface area contributed by atoms with E-state index in [0.717, 1.165) is 27.7 Å². The molecule has 0 radical (unpaired) electrons. The summed E-state index contributed by atoms with van der Waals surface area (Å²) in [6.07, 6.45) is 4.28. The van der Waals surface area contributed by atoms with Crippen LogP contribution in [0.3, 0.4) is 0 Å². The molecule has 0 amide bonds. The van der Waals surface area contributed by atoms with E-state index in [2.05, 4.69) is 0 Å². The number of Topliss-reactive ketones (excluding diaryl/α,β-unsaturated/α-hetero) is 1. The van der Waals surface area contributed by atoms with Gasteiger partial charge in [-0.25, -0.2) is 0 Å². The first-order valence-corrected chi connectivity index (χ1v) is 8.91. The van der Waals surface area contributed by atoms with Crippen molar-refractivity contribution in [1.82, 2.24) is 0 Å². The zero-order chi connectivity index (χ0) is 15.2. The maximum Gasteiger partial charge on any atom is 0.191 e. The summed E-state index contributed by atoms with van der Waals surface area (Å²) in [6, 6.07) is 7.19. The normalized spacial score (nSPS) is 15.2. The zero-order valence-electron chi connectivity index (χ0n) is 11.6. The lowest BCUT2D eigenvalue weighted by Crippen LogP contribution is -2.11. The van der Waals surface area contributed by atoms with Gasteiger partial charge >= 0.3 is 0 Å². The van der Waals surface area contributed by atoms with Crippen LogP contribution in [-0.2, 0) is 9.59 Å². The lowest BCUT2D eigenvalue weighted by Gasteiger charge is -2.15. The van der Waals surface area contributed by atoms with E-state index in [-0.39, 0.29) is 11.6 Å². The molecule has 0 N–H and O–H groups in total. The SMILES string of the molecule is CC(=O)C(C(=O)/C=C/c1ccc(Cl)cc1)=C1SCCCS1. The third-order valence-electron chi connectivity index (χ3n) is 2.85. The molecule has 1 fully saturated rings. The number of benzene rings is 1. The Bertz CT molecular complexity index is 595. The van der Waals surface area contributed by atoms with Gasteiger partial charge in [0.1, 0.15) is 0 Å². The standard InChI is InChI=1S/C16H15ClO2S2/c1-11(18)15(16-20-9-2-10-21-16)14(19)8-5-12-3-6-13(17)7-4-12/h3-8H,2,9-10H2,1H3/b8-5+. The molecule has 0 spiro atoms. The molecule has 1 saturated heterocycles. The van der Waals surface area contributed by atoms with Crippen LogP contribution in [0.25, 0.3) is 6.08 Å². The van der Waals surface area contributed by atoms with Crippen LogP contribution >= 0.6 is 35.1 Å². The minimum atomic E-state index is -0.227. The molecule has 1 heterocycles. The highest BCUT2D eigenvalue weighted by Crippen LogP contribution is 2.37.